The Labute approximate surface area is 194 Å². The molecule has 3 aromatic heterocycles. The van der Waals surface area contributed by atoms with Crippen molar-refractivity contribution in [2.45, 2.75) is 39.2 Å². The third-order valence-electron chi connectivity index (χ3n) is 5.82. The number of fused-ring (bicyclic) bond motifs is 2. The summed E-state index contributed by atoms with van der Waals surface area (Å²) in [5, 5.41) is 11.2. The number of nitro groups is 1. The Morgan fingerprint density at radius 2 is 1.88 bits per heavy atom. The minimum Gasteiger partial charge on any atom is -0.397 e. The Kier molecular flexibility index (Phi) is 5.45. The number of aromatic nitrogens is 4. The molecule has 9 nitrogen and oxygen atoms in total. The van der Waals surface area contributed by atoms with E-state index in [9.17, 15) is 14.9 Å². The topological polar surface area (TPSA) is 120 Å². The second-order valence-corrected chi connectivity index (χ2v) is 8.54. The molecule has 1 N–H and O–H groups in total. The van der Waals surface area contributed by atoms with Gasteiger partial charge in [-0.1, -0.05) is 44.2 Å². The molecule has 5 rings (SSSR count). The van der Waals surface area contributed by atoms with Crippen molar-refractivity contribution in [1.82, 2.24) is 19.5 Å². The van der Waals surface area contributed by atoms with E-state index in [4.69, 9.17) is 9.40 Å². The lowest BCUT2D eigenvalue weighted by atomic mass is 10.1. The number of hydrogen-bond acceptors (Lipinski definition) is 6. The predicted molar refractivity (Wildman–Crippen MR) is 129 cm³/mol. The van der Waals surface area contributed by atoms with Gasteiger partial charge in [0.15, 0.2) is 11.6 Å². The fourth-order valence-electron chi connectivity index (χ4n) is 4.16. The summed E-state index contributed by atoms with van der Waals surface area (Å²) in [6.45, 7) is 4.48. The number of aryl methyl sites for hydroxylation is 2. The first kappa shape index (κ1) is 21.6. The van der Waals surface area contributed by atoms with Gasteiger partial charge in [0.2, 0.25) is 0 Å². The van der Waals surface area contributed by atoms with Crippen LogP contribution in [0.5, 0.6) is 0 Å². The number of benzene rings is 2. The van der Waals surface area contributed by atoms with E-state index >= 15 is 0 Å². The van der Waals surface area contributed by atoms with E-state index < -0.39 is 4.92 Å². The standard InChI is InChI=1S/C25H23N5O4/c1-15(2)23-25(31)28-17-13-19-20(14-18(17)26-23)29(12-6-9-16-7-4-3-5-8-16)24(27-19)21-10-11-22(34-21)30(32)33/h3-5,7-8,10-11,13-15H,6,9,12H2,1-2H3,(H,28,31). The molecule has 0 saturated heterocycles. The zero-order chi connectivity index (χ0) is 23.8. The van der Waals surface area contributed by atoms with E-state index in [0.717, 1.165) is 18.4 Å². The second-order valence-electron chi connectivity index (χ2n) is 8.54. The molecule has 0 unspecified atom stereocenters. The van der Waals surface area contributed by atoms with Crippen molar-refractivity contribution >= 4 is 28.0 Å². The number of imidazole rings is 1. The fraction of sp³-hybridized carbons (Fsp3) is 0.240. The van der Waals surface area contributed by atoms with Crippen LogP contribution in [0.3, 0.4) is 0 Å². The van der Waals surface area contributed by atoms with Gasteiger partial charge in [0.05, 0.1) is 28.1 Å². The molecule has 0 spiro atoms. The van der Waals surface area contributed by atoms with Crippen molar-refractivity contribution in [3.63, 3.8) is 0 Å². The van der Waals surface area contributed by atoms with Gasteiger partial charge < -0.3 is 14.0 Å². The molecule has 0 fully saturated rings. The summed E-state index contributed by atoms with van der Waals surface area (Å²) in [7, 11) is 0. The van der Waals surface area contributed by atoms with Crippen molar-refractivity contribution in [1.29, 1.82) is 0 Å². The SMILES string of the molecule is CC(C)c1nc2cc3c(cc2[nH]c1=O)nc(-c1ccc([N+](=O)[O-])o1)n3CCCc1ccccc1. The van der Waals surface area contributed by atoms with Crippen LogP contribution in [0.4, 0.5) is 5.88 Å². The maximum atomic E-state index is 12.4. The van der Waals surface area contributed by atoms with Gasteiger partial charge in [0.1, 0.15) is 10.6 Å². The van der Waals surface area contributed by atoms with Crippen molar-refractivity contribution in [2.24, 2.45) is 0 Å². The molecule has 5 aromatic rings. The number of hydrogen-bond donors (Lipinski definition) is 1. The monoisotopic (exact) mass is 457 g/mol. The maximum absolute atomic E-state index is 12.4. The molecular formula is C25H23N5O4. The van der Waals surface area contributed by atoms with Crippen LogP contribution in [-0.4, -0.2) is 24.4 Å². The second kappa shape index (κ2) is 8.58. The van der Waals surface area contributed by atoms with Crippen molar-refractivity contribution in [3.8, 4) is 11.6 Å². The Bertz CT molecular complexity index is 1560. The molecular weight excluding hydrogens is 434 g/mol. The number of nitrogens with zero attached hydrogens (tertiary/aromatic N) is 4. The van der Waals surface area contributed by atoms with Crippen molar-refractivity contribution in [2.75, 3.05) is 0 Å². The number of aromatic amines is 1. The van der Waals surface area contributed by atoms with Crippen LogP contribution >= 0.6 is 0 Å². The largest absolute Gasteiger partial charge is 0.433 e. The molecule has 0 aliphatic carbocycles. The summed E-state index contributed by atoms with van der Waals surface area (Å²) in [4.78, 5) is 35.2. The Morgan fingerprint density at radius 3 is 2.59 bits per heavy atom. The Balaban J connectivity index is 1.63. The molecule has 2 aromatic carbocycles. The van der Waals surface area contributed by atoms with Gasteiger partial charge >= 0.3 is 5.88 Å². The Hall–Kier alpha value is -4.27. The summed E-state index contributed by atoms with van der Waals surface area (Å²) < 4.78 is 7.48. The smallest absolute Gasteiger partial charge is 0.397 e. The van der Waals surface area contributed by atoms with Gasteiger partial charge in [-0.15, -0.1) is 0 Å². The first-order chi connectivity index (χ1) is 16.4. The van der Waals surface area contributed by atoms with Crippen LogP contribution in [0.15, 0.2) is 63.8 Å². The third kappa shape index (κ3) is 3.96. The number of nitrogens with one attached hydrogen (secondary N) is 1. The zero-order valence-corrected chi connectivity index (χ0v) is 18.8. The highest BCUT2D eigenvalue weighted by Gasteiger charge is 2.20. The lowest BCUT2D eigenvalue weighted by Crippen LogP contribution is -2.16. The van der Waals surface area contributed by atoms with Gasteiger partial charge in [0, 0.05) is 12.5 Å². The first-order valence-corrected chi connectivity index (χ1v) is 11.1. The Morgan fingerprint density at radius 1 is 1.09 bits per heavy atom. The molecule has 172 valence electrons. The van der Waals surface area contributed by atoms with Crippen LogP contribution in [0.25, 0.3) is 33.7 Å². The highest BCUT2D eigenvalue weighted by molar-refractivity contribution is 5.92. The van der Waals surface area contributed by atoms with E-state index in [0.29, 0.717) is 40.4 Å². The first-order valence-electron chi connectivity index (χ1n) is 11.1. The quantitative estimate of drug-likeness (QED) is 0.265. The highest BCUT2D eigenvalue weighted by Crippen LogP contribution is 2.31. The summed E-state index contributed by atoms with van der Waals surface area (Å²) in [6, 6.07) is 16.8. The van der Waals surface area contributed by atoms with Crippen molar-refractivity contribution in [3.05, 3.63) is 86.3 Å². The maximum Gasteiger partial charge on any atom is 0.433 e. The van der Waals surface area contributed by atoms with E-state index in [-0.39, 0.29) is 17.4 Å². The molecule has 3 heterocycles. The minimum absolute atomic E-state index is 0.0149. The van der Waals surface area contributed by atoms with Gasteiger partial charge in [0.25, 0.3) is 5.56 Å². The van der Waals surface area contributed by atoms with Crippen LogP contribution < -0.4 is 5.56 Å². The normalized spacial score (nSPS) is 11.6. The molecule has 0 saturated carbocycles. The van der Waals surface area contributed by atoms with E-state index in [2.05, 4.69) is 22.1 Å². The molecule has 0 amide bonds. The van der Waals surface area contributed by atoms with E-state index in [1.165, 1.54) is 11.6 Å². The predicted octanol–water partition coefficient (Wildman–Crippen LogP) is 5.20. The number of furan rings is 1. The lowest BCUT2D eigenvalue weighted by Gasteiger charge is -2.09. The van der Waals surface area contributed by atoms with Crippen LogP contribution in [-0.2, 0) is 13.0 Å². The van der Waals surface area contributed by atoms with E-state index in [1.807, 2.05) is 42.7 Å². The minimum atomic E-state index is -0.567. The molecule has 0 aliphatic heterocycles. The van der Waals surface area contributed by atoms with Gasteiger partial charge in [-0.25, -0.2) is 9.97 Å². The molecule has 9 heteroatoms. The average Bonchev–Trinajstić information content (AvgIpc) is 3.43. The summed E-state index contributed by atoms with van der Waals surface area (Å²) in [5.41, 5.74) is 4.22. The van der Waals surface area contributed by atoms with Crippen LogP contribution in [0, 0.1) is 10.1 Å². The van der Waals surface area contributed by atoms with Gasteiger partial charge in [-0.2, -0.15) is 0 Å². The number of rotatable bonds is 7. The summed E-state index contributed by atoms with van der Waals surface area (Å²) in [5.74, 6) is 0.461. The molecule has 0 atom stereocenters. The zero-order valence-electron chi connectivity index (χ0n) is 18.8. The lowest BCUT2D eigenvalue weighted by molar-refractivity contribution is -0.401. The van der Waals surface area contributed by atoms with Crippen molar-refractivity contribution < 1.29 is 9.34 Å². The molecule has 34 heavy (non-hydrogen) atoms. The molecule has 0 bridgehead atoms. The summed E-state index contributed by atoms with van der Waals surface area (Å²) in [6.07, 6.45) is 1.70. The van der Waals surface area contributed by atoms with E-state index in [1.54, 1.807) is 12.1 Å². The highest BCUT2D eigenvalue weighted by atomic mass is 16.6. The fourth-order valence-corrected chi connectivity index (χ4v) is 4.16. The van der Waals surface area contributed by atoms with Gasteiger partial charge in [-0.05, 0) is 36.6 Å². The average molecular weight is 457 g/mol. The number of H-pyrrole nitrogens is 1. The third-order valence-corrected chi connectivity index (χ3v) is 5.82. The summed E-state index contributed by atoms with van der Waals surface area (Å²) >= 11 is 0. The molecule has 0 aliphatic rings. The van der Waals surface area contributed by atoms with Crippen LogP contribution in [0.1, 0.15) is 37.4 Å². The van der Waals surface area contributed by atoms with Crippen LogP contribution in [0.2, 0.25) is 0 Å². The van der Waals surface area contributed by atoms with Gasteiger partial charge in [-0.3, -0.25) is 14.9 Å². The molecule has 0 radical (unpaired) electrons.